The van der Waals surface area contributed by atoms with Crippen molar-refractivity contribution in [1.29, 1.82) is 0 Å². The van der Waals surface area contributed by atoms with Crippen LogP contribution < -0.4 is 5.32 Å². The van der Waals surface area contributed by atoms with Crippen LogP contribution in [0.25, 0.3) is 0 Å². The molecule has 4 heteroatoms. The molecule has 0 aliphatic carbocycles. The minimum atomic E-state index is 0.0744. The van der Waals surface area contributed by atoms with Gasteiger partial charge in [0.15, 0.2) is 0 Å². The summed E-state index contributed by atoms with van der Waals surface area (Å²) < 4.78 is 0. The van der Waals surface area contributed by atoms with Gasteiger partial charge in [-0.05, 0) is 30.0 Å². The van der Waals surface area contributed by atoms with Gasteiger partial charge in [-0.15, -0.1) is 0 Å². The van der Waals surface area contributed by atoms with Crippen molar-refractivity contribution in [2.24, 2.45) is 5.92 Å². The highest BCUT2D eigenvalue weighted by atomic mass is 79.9. The van der Waals surface area contributed by atoms with Crippen LogP contribution in [-0.2, 0) is 11.2 Å². The molecule has 0 fully saturated rings. The normalized spacial score (nSPS) is 12.2. The Labute approximate surface area is 122 Å². The van der Waals surface area contributed by atoms with Crippen molar-refractivity contribution in [3.8, 4) is 0 Å². The van der Waals surface area contributed by atoms with Crippen LogP contribution in [0.4, 0.5) is 0 Å². The molecule has 1 atom stereocenters. The number of rotatable bonds is 7. The van der Waals surface area contributed by atoms with Crippen molar-refractivity contribution in [1.82, 2.24) is 5.32 Å². The topological polar surface area (TPSA) is 29.1 Å². The molecule has 0 heterocycles. The maximum absolute atomic E-state index is 11.8. The number of hydrogen-bond acceptors (Lipinski definition) is 1. The first-order valence-corrected chi connectivity index (χ1v) is 7.72. The Bertz CT molecular complexity index is 367. The van der Waals surface area contributed by atoms with Gasteiger partial charge in [-0.1, -0.05) is 53.0 Å². The van der Waals surface area contributed by atoms with Gasteiger partial charge in [0.1, 0.15) is 0 Å². The van der Waals surface area contributed by atoms with E-state index in [1.165, 1.54) is 0 Å². The van der Waals surface area contributed by atoms with Gasteiger partial charge in [-0.3, -0.25) is 4.79 Å². The Morgan fingerprint density at radius 3 is 2.61 bits per heavy atom. The summed E-state index contributed by atoms with van der Waals surface area (Å²) in [4.78, 5) is 11.8. The number of alkyl halides is 1. The summed E-state index contributed by atoms with van der Waals surface area (Å²) in [7, 11) is 0. The van der Waals surface area contributed by atoms with Gasteiger partial charge in [0.2, 0.25) is 5.91 Å². The highest BCUT2D eigenvalue weighted by Gasteiger charge is 2.08. The third-order valence-electron chi connectivity index (χ3n) is 2.96. The van der Waals surface area contributed by atoms with Crippen LogP contribution in [0.2, 0.25) is 5.02 Å². The Balaban J connectivity index is 2.35. The number of nitrogens with one attached hydrogen (secondary N) is 1. The monoisotopic (exact) mass is 331 g/mol. The van der Waals surface area contributed by atoms with E-state index in [0.29, 0.717) is 17.4 Å². The zero-order valence-electron chi connectivity index (χ0n) is 10.6. The highest BCUT2D eigenvalue weighted by molar-refractivity contribution is 9.09. The summed E-state index contributed by atoms with van der Waals surface area (Å²) >= 11 is 9.23. The Kier molecular flexibility index (Phi) is 7.36. The molecule has 1 aromatic carbocycles. The van der Waals surface area contributed by atoms with Crippen LogP contribution in [0.1, 0.15) is 25.3 Å². The summed E-state index contributed by atoms with van der Waals surface area (Å²) in [5, 5.41) is 4.67. The zero-order valence-corrected chi connectivity index (χ0v) is 12.9. The van der Waals surface area contributed by atoms with E-state index in [9.17, 15) is 4.79 Å². The lowest BCUT2D eigenvalue weighted by molar-refractivity contribution is -0.120. The predicted molar refractivity (Wildman–Crippen MR) is 80.4 cm³/mol. The van der Waals surface area contributed by atoms with E-state index in [0.717, 1.165) is 30.3 Å². The third-order valence-corrected chi connectivity index (χ3v) is 3.67. The molecule has 0 saturated heterocycles. The van der Waals surface area contributed by atoms with E-state index in [4.69, 9.17) is 11.6 Å². The molecular weight excluding hydrogens is 314 g/mol. The molecule has 0 radical (unpaired) electrons. The van der Waals surface area contributed by atoms with Gasteiger partial charge in [0.05, 0.1) is 6.42 Å². The summed E-state index contributed by atoms with van der Waals surface area (Å²) in [6.45, 7) is 2.91. The third kappa shape index (κ3) is 5.87. The predicted octanol–water partition coefficient (Wildman–Crippen LogP) is 3.81. The van der Waals surface area contributed by atoms with E-state index in [1.807, 2.05) is 24.3 Å². The molecule has 18 heavy (non-hydrogen) atoms. The maximum atomic E-state index is 11.8. The zero-order chi connectivity index (χ0) is 13.4. The summed E-state index contributed by atoms with van der Waals surface area (Å²) in [5.41, 5.74) is 0.991. The first-order valence-electron chi connectivity index (χ1n) is 6.22. The Morgan fingerprint density at radius 1 is 1.39 bits per heavy atom. The molecule has 2 nitrogen and oxygen atoms in total. The smallest absolute Gasteiger partial charge is 0.224 e. The van der Waals surface area contributed by atoms with Gasteiger partial charge in [-0.25, -0.2) is 0 Å². The van der Waals surface area contributed by atoms with Crippen molar-refractivity contribution in [3.05, 3.63) is 34.9 Å². The van der Waals surface area contributed by atoms with Crippen LogP contribution in [-0.4, -0.2) is 17.8 Å². The molecule has 100 valence electrons. The Hall–Kier alpha value is -0.540. The number of hydrogen-bond donors (Lipinski definition) is 1. The van der Waals surface area contributed by atoms with Crippen LogP contribution in [0.15, 0.2) is 24.3 Å². The minimum Gasteiger partial charge on any atom is -0.356 e. The second-order valence-corrected chi connectivity index (χ2v) is 5.59. The molecule has 0 aliphatic rings. The number of halogens is 2. The van der Waals surface area contributed by atoms with Gasteiger partial charge in [0, 0.05) is 16.9 Å². The van der Waals surface area contributed by atoms with E-state index in [2.05, 4.69) is 28.2 Å². The van der Waals surface area contributed by atoms with Crippen LogP contribution in [0.5, 0.6) is 0 Å². The maximum Gasteiger partial charge on any atom is 0.224 e. The van der Waals surface area contributed by atoms with E-state index < -0.39 is 0 Å². The van der Waals surface area contributed by atoms with E-state index >= 15 is 0 Å². The van der Waals surface area contributed by atoms with Gasteiger partial charge in [0.25, 0.3) is 0 Å². The van der Waals surface area contributed by atoms with Crippen molar-refractivity contribution in [2.75, 3.05) is 11.9 Å². The molecule has 0 aliphatic heterocycles. The minimum absolute atomic E-state index is 0.0744. The first kappa shape index (κ1) is 15.5. The number of carbonyl (C=O) groups is 1. The molecule has 1 aromatic rings. The molecule has 0 saturated carbocycles. The number of carbonyl (C=O) groups excluding carboxylic acids is 1. The van der Waals surface area contributed by atoms with Gasteiger partial charge >= 0.3 is 0 Å². The molecule has 0 bridgehead atoms. The summed E-state index contributed by atoms with van der Waals surface area (Å²) in [6.07, 6.45) is 2.60. The summed E-state index contributed by atoms with van der Waals surface area (Å²) in [6, 6.07) is 7.39. The van der Waals surface area contributed by atoms with Gasteiger partial charge < -0.3 is 5.32 Å². The molecule has 0 aromatic heterocycles. The van der Waals surface area contributed by atoms with Crippen LogP contribution in [0.3, 0.4) is 0 Å². The van der Waals surface area contributed by atoms with Crippen LogP contribution >= 0.6 is 27.5 Å². The fourth-order valence-electron chi connectivity index (χ4n) is 1.71. The van der Waals surface area contributed by atoms with Crippen molar-refractivity contribution in [2.45, 2.75) is 26.2 Å². The van der Waals surface area contributed by atoms with Crippen LogP contribution in [0, 0.1) is 5.92 Å². The average Bonchev–Trinajstić information content (AvgIpc) is 2.37. The fraction of sp³-hybridized carbons (Fsp3) is 0.500. The molecule has 1 rings (SSSR count). The lowest BCUT2D eigenvalue weighted by Crippen LogP contribution is -2.30. The average molecular weight is 333 g/mol. The lowest BCUT2D eigenvalue weighted by atomic mass is 10.0. The largest absolute Gasteiger partial charge is 0.356 e. The van der Waals surface area contributed by atoms with E-state index in [1.54, 1.807) is 0 Å². The molecular formula is C14H19BrClNO. The van der Waals surface area contributed by atoms with Gasteiger partial charge in [-0.2, -0.15) is 0 Å². The molecule has 1 N–H and O–H groups in total. The molecule has 0 spiro atoms. The number of amides is 1. The van der Waals surface area contributed by atoms with Crippen molar-refractivity contribution < 1.29 is 4.79 Å². The van der Waals surface area contributed by atoms with Crippen molar-refractivity contribution >= 4 is 33.4 Å². The lowest BCUT2D eigenvalue weighted by Gasteiger charge is -2.14. The highest BCUT2D eigenvalue weighted by Crippen LogP contribution is 2.11. The van der Waals surface area contributed by atoms with Crippen molar-refractivity contribution in [3.63, 3.8) is 0 Å². The fourth-order valence-corrected chi connectivity index (χ4v) is 2.49. The second-order valence-electron chi connectivity index (χ2n) is 4.36. The molecule has 1 amide bonds. The SMILES string of the molecule is CCC(CCBr)CNC(=O)Cc1ccc(Cl)cc1. The standard InChI is InChI=1S/C14H19BrClNO/c1-2-11(7-8-15)10-17-14(18)9-12-3-5-13(16)6-4-12/h3-6,11H,2,7-10H2,1H3,(H,17,18). The quantitative estimate of drug-likeness (QED) is 0.756. The Morgan fingerprint density at radius 2 is 2.06 bits per heavy atom. The van der Waals surface area contributed by atoms with E-state index in [-0.39, 0.29) is 5.91 Å². The number of benzene rings is 1. The molecule has 1 unspecified atom stereocenters. The summed E-state index contributed by atoms with van der Waals surface area (Å²) in [5.74, 6) is 0.629. The second kappa shape index (κ2) is 8.54. The first-order chi connectivity index (χ1) is 8.65.